The number of aromatic nitrogens is 2. The van der Waals surface area contributed by atoms with E-state index in [4.69, 9.17) is 0 Å². The number of aryl methyl sites for hydroxylation is 1. The molecule has 0 spiro atoms. The highest BCUT2D eigenvalue weighted by Crippen LogP contribution is 1.96. The summed E-state index contributed by atoms with van der Waals surface area (Å²) in [6.45, 7) is 8.85. The fourth-order valence-electron chi connectivity index (χ4n) is 0.642. The number of nitrogens with one attached hydrogen (secondary N) is 1. The van der Waals surface area contributed by atoms with Gasteiger partial charge >= 0.3 is 0 Å². The largest absolute Gasteiger partial charge is 0.355 e. The molecule has 0 fully saturated rings. The number of hydrogen-bond donors (Lipinski definition) is 1. The summed E-state index contributed by atoms with van der Waals surface area (Å²) in [6, 6.07) is 0. The van der Waals surface area contributed by atoms with Gasteiger partial charge in [0.1, 0.15) is 0 Å². The molecule has 0 saturated carbocycles. The van der Waals surface area contributed by atoms with Crippen molar-refractivity contribution in [2.45, 2.75) is 27.7 Å². The Morgan fingerprint density at radius 2 is 1.75 bits per heavy atom. The second kappa shape index (κ2) is 6.58. The number of nitrogens with zero attached hydrogens (tertiary/aromatic N) is 2. The first-order valence-corrected chi connectivity index (χ1v) is 4.35. The summed E-state index contributed by atoms with van der Waals surface area (Å²) in [5.41, 5.74) is 1.08. The maximum atomic E-state index is 4.05. The highest BCUT2D eigenvalue weighted by molar-refractivity contribution is 5.23. The second-order valence-electron chi connectivity index (χ2n) is 2.11. The highest BCUT2D eigenvalue weighted by atomic mass is 15.1. The van der Waals surface area contributed by atoms with Crippen LogP contribution in [0.2, 0.25) is 0 Å². The van der Waals surface area contributed by atoms with E-state index in [-0.39, 0.29) is 0 Å². The van der Waals surface area contributed by atoms with Gasteiger partial charge in [-0.3, -0.25) is 0 Å². The topological polar surface area (TPSA) is 37.8 Å². The zero-order valence-electron chi connectivity index (χ0n) is 8.26. The SMILES string of the molecule is CC.CCNc1ncc(C)cn1. The van der Waals surface area contributed by atoms with Crippen molar-refractivity contribution in [3.8, 4) is 0 Å². The van der Waals surface area contributed by atoms with Crippen LogP contribution in [-0.2, 0) is 0 Å². The molecule has 1 heterocycles. The first-order valence-electron chi connectivity index (χ1n) is 4.35. The van der Waals surface area contributed by atoms with Gasteiger partial charge in [-0.2, -0.15) is 0 Å². The third-order valence-corrected chi connectivity index (χ3v) is 1.12. The van der Waals surface area contributed by atoms with Crippen LogP contribution in [-0.4, -0.2) is 16.5 Å². The summed E-state index contributed by atoms with van der Waals surface area (Å²) in [4.78, 5) is 8.09. The molecule has 0 aromatic carbocycles. The molecule has 0 saturated heterocycles. The average molecular weight is 167 g/mol. The van der Waals surface area contributed by atoms with Gasteiger partial charge in [-0.1, -0.05) is 13.8 Å². The molecule has 0 unspecified atom stereocenters. The van der Waals surface area contributed by atoms with Crippen LogP contribution in [0.5, 0.6) is 0 Å². The standard InChI is InChI=1S/C7H11N3.C2H6/c1-3-8-7-9-4-6(2)5-10-7;1-2/h4-5H,3H2,1-2H3,(H,8,9,10);1-2H3. The fraction of sp³-hybridized carbons (Fsp3) is 0.556. The first-order chi connectivity index (χ1) is 5.83. The molecule has 1 aromatic rings. The molecule has 0 aliphatic heterocycles. The summed E-state index contributed by atoms with van der Waals surface area (Å²) in [5.74, 6) is 0.702. The van der Waals surface area contributed by atoms with Crippen molar-refractivity contribution in [1.29, 1.82) is 0 Å². The Bertz CT molecular complexity index is 193. The van der Waals surface area contributed by atoms with E-state index in [0.717, 1.165) is 12.1 Å². The van der Waals surface area contributed by atoms with Crippen LogP contribution in [0.15, 0.2) is 12.4 Å². The van der Waals surface area contributed by atoms with E-state index in [1.54, 1.807) is 12.4 Å². The normalized spacial score (nSPS) is 8.33. The summed E-state index contributed by atoms with van der Waals surface area (Å²) in [5, 5.41) is 3.01. The quantitative estimate of drug-likeness (QED) is 0.734. The van der Waals surface area contributed by atoms with Crippen LogP contribution < -0.4 is 5.32 Å². The van der Waals surface area contributed by atoms with Crippen molar-refractivity contribution in [1.82, 2.24) is 9.97 Å². The van der Waals surface area contributed by atoms with Gasteiger partial charge in [-0.05, 0) is 19.4 Å². The zero-order chi connectivity index (χ0) is 9.40. The Morgan fingerprint density at radius 1 is 1.25 bits per heavy atom. The average Bonchev–Trinajstić information content (AvgIpc) is 2.13. The lowest BCUT2D eigenvalue weighted by atomic mass is 10.4. The van der Waals surface area contributed by atoms with Gasteiger partial charge in [-0.15, -0.1) is 0 Å². The Hall–Kier alpha value is -1.12. The molecule has 0 aliphatic carbocycles. The van der Waals surface area contributed by atoms with Crippen LogP contribution in [0.3, 0.4) is 0 Å². The lowest BCUT2D eigenvalue weighted by Gasteiger charge is -1.98. The molecule has 12 heavy (non-hydrogen) atoms. The van der Waals surface area contributed by atoms with Gasteiger partial charge in [0.25, 0.3) is 0 Å². The van der Waals surface area contributed by atoms with Gasteiger partial charge in [-0.25, -0.2) is 9.97 Å². The number of hydrogen-bond acceptors (Lipinski definition) is 3. The highest BCUT2D eigenvalue weighted by Gasteiger charge is 1.89. The predicted octanol–water partition coefficient (Wildman–Crippen LogP) is 2.24. The van der Waals surface area contributed by atoms with Crippen LogP contribution in [0.25, 0.3) is 0 Å². The maximum absolute atomic E-state index is 4.05. The number of anilines is 1. The lowest BCUT2D eigenvalue weighted by Crippen LogP contribution is -2.01. The second-order valence-corrected chi connectivity index (χ2v) is 2.11. The first kappa shape index (κ1) is 10.9. The van der Waals surface area contributed by atoms with E-state index in [1.807, 2.05) is 27.7 Å². The van der Waals surface area contributed by atoms with E-state index in [2.05, 4.69) is 15.3 Å². The van der Waals surface area contributed by atoms with E-state index >= 15 is 0 Å². The van der Waals surface area contributed by atoms with Gasteiger partial charge < -0.3 is 5.32 Å². The van der Waals surface area contributed by atoms with Gasteiger partial charge in [0.05, 0.1) is 0 Å². The molecule has 0 bridgehead atoms. The molecule has 68 valence electrons. The molecule has 3 nitrogen and oxygen atoms in total. The minimum atomic E-state index is 0.702. The maximum Gasteiger partial charge on any atom is 0.222 e. The van der Waals surface area contributed by atoms with E-state index < -0.39 is 0 Å². The summed E-state index contributed by atoms with van der Waals surface area (Å²) >= 11 is 0. The molecule has 1 aromatic heterocycles. The van der Waals surface area contributed by atoms with Crippen molar-refractivity contribution in [2.75, 3.05) is 11.9 Å². The van der Waals surface area contributed by atoms with Crippen LogP contribution in [0.1, 0.15) is 26.3 Å². The van der Waals surface area contributed by atoms with Crippen LogP contribution in [0, 0.1) is 6.92 Å². The van der Waals surface area contributed by atoms with Crippen LogP contribution in [0.4, 0.5) is 5.95 Å². The molecule has 0 atom stereocenters. The van der Waals surface area contributed by atoms with Crippen molar-refractivity contribution < 1.29 is 0 Å². The Balaban J connectivity index is 0.000000561. The molecule has 0 radical (unpaired) electrons. The monoisotopic (exact) mass is 167 g/mol. The van der Waals surface area contributed by atoms with E-state index in [0.29, 0.717) is 5.95 Å². The van der Waals surface area contributed by atoms with Crippen molar-refractivity contribution in [3.63, 3.8) is 0 Å². The molecule has 1 N–H and O–H groups in total. The predicted molar refractivity (Wildman–Crippen MR) is 52.3 cm³/mol. The summed E-state index contributed by atoms with van der Waals surface area (Å²) in [6.07, 6.45) is 3.59. The van der Waals surface area contributed by atoms with Gasteiger partial charge in [0, 0.05) is 18.9 Å². The van der Waals surface area contributed by atoms with Crippen molar-refractivity contribution in [3.05, 3.63) is 18.0 Å². The van der Waals surface area contributed by atoms with Crippen LogP contribution >= 0.6 is 0 Å². The Labute approximate surface area is 74.3 Å². The van der Waals surface area contributed by atoms with Crippen molar-refractivity contribution in [2.24, 2.45) is 0 Å². The smallest absolute Gasteiger partial charge is 0.222 e. The van der Waals surface area contributed by atoms with E-state index in [1.165, 1.54) is 0 Å². The van der Waals surface area contributed by atoms with Gasteiger partial charge in [0.2, 0.25) is 5.95 Å². The van der Waals surface area contributed by atoms with Crippen molar-refractivity contribution >= 4 is 5.95 Å². The third kappa shape index (κ3) is 3.91. The molecular formula is C9H17N3. The van der Waals surface area contributed by atoms with Gasteiger partial charge in [0.15, 0.2) is 0 Å². The molecular weight excluding hydrogens is 150 g/mol. The third-order valence-electron chi connectivity index (χ3n) is 1.12. The number of rotatable bonds is 2. The summed E-state index contributed by atoms with van der Waals surface area (Å²) in [7, 11) is 0. The molecule has 1 rings (SSSR count). The minimum absolute atomic E-state index is 0.702. The molecule has 3 heteroatoms. The van der Waals surface area contributed by atoms with E-state index in [9.17, 15) is 0 Å². The summed E-state index contributed by atoms with van der Waals surface area (Å²) < 4.78 is 0. The Kier molecular flexibility index (Phi) is 5.97. The zero-order valence-corrected chi connectivity index (χ0v) is 8.26. The fourth-order valence-corrected chi connectivity index (χ4v) is 0.642. The molecule has 0 amide bonds. The minimum Gasteiger partial charge on any atom is -0.355 e. The lowest BCUT2D eigenvalue weighted by molar-refractivity contribution is 1.07. The molecule has 0 aliphatic rings. The Morgan fingerprint density at radius 3 is 2.17 bits per heavy atom.